The molecule has 2 heteroatoms. The fourth-order valence-electron chi connectivity index (χ4n) is 2.21. The summed E-state index contributed by atoms with van der Waals surface area (Å²) < 4.78 is 5.99. The summed E-state index contributed by atoms with van der Waals surface area (Å²) in [6, 6.07) is 14.2. The van der Waals surface area contributed by atoms with Crippen LogP contribution in [0.4, 0.5) is 0 Å². The van der Waals surface area contributed by atoms with Crippen molar-refractivity contribution >= 4 is 0 Å². The lowest BCUT2D eigenvalue weighted by atomic mass is 10.0. The number of ether oxygens (including phenoxy) is 1. The first-order valence-electron chi connectivity index (χ1n) is 7.24. The van der Waals surface area contributed by atoms with Crippen LogP contribution >= 0.6 is 0 Å². The van der Waals surface area contributed by atoms with E-state index in [-0.39, 0.29) is 0 Å². The van der Waals surface area contributed by atoms with E-state index in [1.54, 1.807) is 0 Å². The Balaban J connectivity index is 2.17. The van der Waals surface area contributed by atoms with Crippen LogP contribution in [0.5, 0.6) is 5.75 Å². The van der Waals surface area contributed by atoms with Crippen LogP contribution in [-0.4, -0.2) is 0 Å². The molecular formula is C19H21NO. The third kappa shape index (κ3) is 3.64. The van der Waals surface area contributed by atoms with Crippen LogP contribution in [0.25, 0.3) is 0 Å². The molecule has 0 saturated carbocycles. The van der Waals surface area contributed by atoms with Gasteiger partial charge in [0.1, 0.15) is 12.4 Å². The molecule has 0 aliphatic heterocycles. The third-order valence-electron chi connectivity index (χ3n) is 3.73. The molecule has 2 rings (SSSR count). The highest BCUT2D eigenvalue weighted by molar-refractivity contribution is 5.40. The Hall–Kier alpha value is -2.27. The number of aryl methyl sites for hydroxylation is 2. The summed E-state index contributed by atoms with van der Waals surface area (Å²) in [5, 5.41) is 8.90. The molecule has 2 nitrogen and oxygen atoms in total. The summed E-state index contributed by atoms with van der Waals surface area (Å²) in [4.78, 5) is 0. The standard InChI is InChI=1S/C19H21NO/c1-13(2)17-7-5-14(3)19(10-17)21-12-18-8-6-16(11-20)9-15(18)4/h5-10,13H,12H2,1-4H3. The first kappa shape index (κ1) is 15.1. The molecule has 0 bridgehead atoms. The molecular weight excluding hydrogens is 258 g/mol. The van der Waals surface area contributed by atoms with Gasteiger partial charge < -0.3 is 4.74 Å². The van der Waals surface area contributed by atoms with Crippen LogP contribution < -0.4 is 4.74 Å². The number of hydrogen-bond donors (Lipinski definition) is 0. The summed E-state index contributed by atoms with van der Waals surface area (Å²) in [7, 11) is 0. The molecule has 0 aromatic heterocycles. The quantitative estimate of drug-likeness (QED) is 0.799. The van der Waals surface area contributed by atoms with E-state index >= 15 is 0 Å². The van der Waals surface area contributed by atoms with Crippen molar-refractivity contribution in [2.24, 2.45) is 0 Å². The molecule has 0 saturated heterocycles. The normalized spacial score (nSPS) is 10.5. The average molecular weight is 279 g/mol. The minimum atomic E-state index is 0.490. The van der Waals surface area contributed by atoms with E-state index in [4.69, 9.17) is 10.00 Å². The fourth-order valence-corrected chi connectivity index (χ4v) is 2.21. The number of nitriles is 1. The van der Waals surface area contributed by atoms with Crippen molar-refractivity contribution < 1.29 is 4.74 Å². The van der Waals surface area contributed by atoms with E-state index in [2.05, 4.69) is 45.0 Å². The van der Waals surface area contributed by atoms with E-state index in [0.717, 1.165) is 22.4 Å². The second-order valence-corrected chi connectivity index (χ2v) is 5.72. The molecule has 2 aromatic rings. The largest absolute Gasteiger partial charge is 0.489 e. The van der Waals surface area contributed by atoms with E-state index in [0.29, 0.717) is 18.1 Å². The van der Waals surface area contributed by atoms with Crippen molar-refractivity contribution in [3.05, 3.63) is 64.2 Å². The Morgan fingerprint density at radius 2 is 1.81 bits per heavy atom. The predicted molar refractivity (Wildman–Crippen MR) is 85.5 cm³/mol. The fraction of sp³-hybridized carbons (Fsp3) is 0.316. The van der Waals surface area contributed by atoms with Gasteiger partial charge in [0.2, 0.25) is 0 Å². The van der Waals surface area contributed by atoms with Gasteiger partial charge in [-0.05, 0) is 60.2 Å². The van der Waals surface area contributed by atoms with Crippen LogP contribution in [0.15, 0.2) is 36.4 Å². The summed E-state index contributed by atoms with van der Waals surface area (Å²) in [5.41, 5.74) is 5.32. The van der Waals surface area contributed by atoms with E-state index < -0.39 is 0 Å². The van der Waals surface area contributed by atoms with Crippen LogP contribution in [0.2, 0.25) is 0 Å². The Morgan fingerprint density at radius 1 is 1.05 bits per heavy atom. The van der Waals surface area contributed by atoms with Gasteiger partial charge in [-0.15, -0.1) is 0 Å². The highest BCUT2D eigenvalue weighted by Gasteiger charge is 2.06. The topological polar surface area (TPSA) is 33.0 Å². The average Bonchev–Trinajstić information content (AvgIpc) is 2.47. The molecule has 0 spiro atoms. The molecule has 108 valence electrons. The number of hydrogen-bond acceptors (Lipinski definition) is 2. The van der Waals surface area contributed by atoms with Crippen LogP contribution in [0.3, 0.4) is 0 Å². The summed E-state index contributed by atoms with van der Waals surface area (Å²) in [5.74, 6) is 1.43. The maximum Gasteiger partial charge on any atom is 0.123 e. The van der Waals surface area contributed by atoms with Gasteiger partial charge in [0, 0.05) is 0 Å². The van der Waals surface area contributed by atoms with Gasteiger partial charge in [-0.3, -0.25) is 0 Å². The Morgan fingerprint density at radius 3 is 2.43 bits per heavy atom. The third-order valence-corrected chi connectivity index (χ3v) is 3.73. The minimum absolute atomic E-state index is 0.490. The second-order valence-electron chi connectivity index (χ2n) is 5.72. The highest BCUT2D eigenvalue weighted by atomic mass is 16.5. The molecule has 2 aromatic carbocycles. The molecule has 0 radical (unpaired) electrons. The number of rotatable bonds is 4. The Kier molecular flexibility index (Phi) is 4.65. The molecule has 0 fully saturated rings. The van der Waals surface area contributed by atoms with Gasteiger partial charge >= 0.3 is 0 Å². The lowest BCUT2D eigenvalue weighted by Crippen LogP contribution is -2.00. The van der Waals surface area contributed by atoms with Crippen LogP contribution in [0, 0.1) is 25.2 Å². The minimum Gasteiger partial charge on any atom is -0.489 e. The monoisotopic (exact) mass is 279 g/mol. The van der Waals surface area contributed by atoms with Crippen molar-refractivity contribution in [1.82, 2.24) is 0 Å². The van der Waals surface area contributed by atoms with Gasteiger partial charge in [0.25, 0.3) is 0 Å². The van der Waals surface area contributed by atoms with Crippen molar-refractivity contribution in [3.63, 3.8) is 0 Å². The summed E-state index contributed by atoms with van der Waals surface area (Å²) >= 11 is 0. The van der Waals surface area contributed by atoms with Crippen molar-refractivity contribution in [3.8, 4) is 11.8 Å². The molecule has 0 unspecified atom stereocenters. The maximum absolute atomic E-state index is 8.90. The molecule has 0 N–H and O–H groups in total. The Labute approximate surface area is 127 Å². The van der Waals surface area contributed by atoms with Gasteiger partial charge in [-0.25, -0.2) is 0 Å². The lowest BCUT2D eigenvalue weighted by molar-refractivity contribution is 0.303. The number of benzene rings is 2. The molecule has 21 heavy (non-hydrogen) atoms. The zero-order valence-electron chi connectivity index (χ0n) is 13.1. The highest BCUT2D eigenvalue weighted by Crippen LogP contribution is 2.25. The van der Waals surface area contributed by atoms with Gasteiger partial charge in [-0.1, -0.05) is 32.0 Å². The molecule has 0 aliphatic rings. The van der Waals surface area contributed by atoms with Crippen molar-refractivity contribution in [2.75, 3.05) is 0 Å². The first-order chi connectivity index (χ1) is 10.0. The lowest BCUT2D eigenvalue weighted by Gasteiger charge is -2.14. The zero-order valence-corrected chi connectivity index (χ0v) is 13.1. The first-order valence-corrected chi connectivity index (χ1v) is 7.24. The van der Waals surface area contributed by atoms with Crippen LogP contribution in [0.1, 0.15) is 47.6 Å². The summed E-state index contributed by atoms with van der Waals surface area (Å²) in [6.45, 7) is 8.96. The van der Waals surface area contributed by atoms with Gasteiger partial charge in [-0.2, -0.15) is 5.26 Å². The van der Waals surface area contributed by atoms with E-state index in [1.165, 1.54) is 5.56 Å². The molecule has 0 amide bonds. The Bertz CT molecular complexity index is 680. The molecule has 0 heterocycles. The maximum atomic E-state index is 8.90. The zero-order chi connectivity index (χ0) is 15.4. The van der Waals surface area contributed by atoms with Crippen LogP contribution in [-0.2, 0) is 6.61 Å². The van der Waals surface area contributed by atoms with Crippen molar-refractivity contribution in [1.29, 1.82) is 5.26 Å². The van der Waals surface area contributed by atoms with Gasteiger partial charge in [0.05, 0.1) is 11.6 Å². The number of nitrogens with zero attached hydrogens (tertiary/aromatic N) is 1. The SMILES string of the molecule is Cc1cc(C#N)ccc1COc1cc(C(C)C)ccc1C. The molecule has 0 atom stereocenters. The summed E-state index contributed by atoms with van der Waals surface area (Å²) in [6.07, 6.45) is 0. The second kappa shape index (κ2) is 6.45. The van der Waals surface area contributed by atoms with E-state index in [1.807, 2.05) is 25.1 Å². The smallest absolute Gasteiger partial charge is 0.123 e. The predicted octanol–water partition coefficient (Wildman–Crippen LogP) is 4.88. The van der Waals surface area contributed by atoms with Gasteiger partial charge in [0.15, 0.2) is 0 Å². The van der Waals surface area contributed by atoms with E-state index in [9.17, 15) is 0 Å². The van der Waals surface area contributed by atoms with Crippen molar-refractivity contribution in [2.45, 2.75) is 40.2 Å². The molecule has 0 aliphatic carbocycles.